The standard InChI is InChI=1S/C15H21NO3/c17-13-7-15-14(18-10-19-15)6-12(13)9-16-8-11-4-2-1-3-5-11/h6-7,11,16-17H,1-5,8-10H2. The second-order valence-corrected chi connectivity index (χ2v) is 5.47. The number of phenolic OH excluding ortho intramolecular Hbond substituents is 1. The Morgan fingerprint density at radius 2 is 1.84 bits per heavy atom. The van der Waals surface area contributed by atoms with Crippen LogP contribution in [0.5, 0.6) is 17.2 Å². The zero-order chi connectivity index (χ0) is 13.1. The number of ether oxygens (including phenoxy) is 2. The third-order valence-corrected chi connectivity index (χ3v) is 4.05. The summed E-state index contributed by atoms with van der Waals surface area (Å²) in [4.78, 5) is 0. The molecule has 1 heterocycles. The van der Waals surface area contributed by atoms with Crippen LogP contribution in [0.25, 0.3) is 0 Å². The minimum absolute atomic E-state index is 0.244. The molecule has 3 rings (SSSR count). The molecule has 4 heteroatoms. The molecule has 2 aliphatic rings. The molecule has 0 bridgehead atoms. The molecule has 1 aliphatic heterocycles. The molecule has 0 saturated heterocycles. The van der Waals surface area contributed by atoms with Gasteiger partial charge in [0, 0.05) is 18.2 Å². The molecule has 0 unspecified atom stereocenters. The number of hydrogen-bond acceptors (Lipinski definition) is 4. The van der Waals surface area contributed by atoms with Gasteiger partial charge in [0.25, 0.3) is 0 Å². The van der Waals surface area contributed by atoms with Gasteiger partial charge in [0.05, 0.1) is 0 Å². The van der Waals surface area contributed by atoms with Crippen molar-refractivity contribution in [1.29, 1.82) is 0 Å². The van der Waals surface area contributed by atoms with Crippen LogP contribution in [0.15, 0.2) is 12.1 Å². The number of aromatic hydroxyl groups is 1. The van der Waals surface area contributed by atoms with Gasteiger partial charge >= 0.3 is 0 Å². The highest BCUT2D eigenvalue weighted by atomic mass is 16.7. The average Bonchev–Trinajstić information content (AvgIpc) is 2.87. The van der Waals surface area contributed by atoms with E-state index in [-0.39, 0.29) is 12.5 Å². The van der Waals surface area contributed by atoms with Crippen LogP contribution in [0, 0.1) is 5.92 Å². The van der Waals surface area contributed by atoms with Crippen molar-refractivity contribution >= 4 is 0 Å². The summed E-state index contributed by atoms with van der Waals surface area (Å²) in [7, 11) is 0. The molecule has 1 saturated carbocycles. The smallest absolute Gasteiger partial charge is 0.231 e. The summed E-state index contributed by atoms with van der Waals surface area (Å²) in [5.41, 5.74) is 0.875. The van der Waals surface area contributed by atoms with Crippen molar-refractivity contribution < 1.29 is 14.6 Å². The Bertz CT molecular complexity index is 441. The van der Waals surface area contributed by atoms with Crippen LogP contribution >= 0.6 is 0 Å². The van der Waals surface area contributed by atoms with Crippen molar-refractivity contribution in [2.75, 3.05) is 13.3 Å². The number of nitrogens with one attached hydrogen (secondary N) is 1. The van der Waals surface area contributed by atoms with Gasteiger partial charge in [0.1, 0.15) is 5.75 Å². The number of hydrogen-bond donors (Lipinski definition) is 2. The third-order valence-electron chi connectivity index (χ3n) is 4.05. The van der Waals surface area contributed by atoms with E-state index in [4.69, 9.17) is 9.47 Å². The highest BCUT2D eigenvalue weighted by Gasteiger charge is 2.17. The van der Waals surface area contributed by atoms with Crippen molar-refractivity contribution in [3.8, 4) is 17.2 Å². The van der Waals surface area contributed by atoms with Crippen molar-refractivity contribution in [3.63, 3.8) is 0 Å². The Morgan fingerprint density at radius 3 is 2.63 bits per heavy atom. The Balaban J connectivity index is 1.54. The molecular formula is C15H21NO3. The first-order valence-corrected chi connectivity index (χ1v) is 7.15. The molecular weight excluding hydrogens is 242 g/mol. The van der Waals surface area contributed by atoms with E-state index >= 15 is 0 Å². The molecule has 0 atom stereocenters. The summed E-state index contributed by atoms with van der Waals surface area (Å²) in [5.74, 6) is 2.44. The molecule has 2 N–H and O–H groups in total. The fourth-order valence-electron chi connectivity index (χ4n) is 2.92. The van der Waals surface area contributed by atoms with Crippen molar-refractivity contribution in [2.45, 2.75) is 38.6 Å². The van der Waals surface area contributed by atoms with E-state index in [0.717, 1.165) is 23.8 Å². The highest BCUT2D eigenvalue weighted by molar-refractivity contribution is 5.51. The second kappa shape index (κ2) is 5.70. The van der Waals surface area contributed by atoms with Crippen molar-refractivity contribution in [2.24, 2.45) is 5.92 Å². The molecule has 0 amide bonds. The van der Waals surface area contributed by atoms with Crippen LogP contribution in [-0.2, 0) is 6.54 Å². The molecule has 0 spiro atoms. The lowest BCUT2D eigenvalue weighted by atomic mass is 9.89. The number of fused-ring (bicyclic) bond motifs is 1. The van der Waals surface area contributed by atoms with Crippen LogP contribution in [-0.4, -0.2) is 18.4 Å². The zero-order valence-corrected chi connectivity index (χ0v) is 11.2. The molecule has 1 fully saturated rings. The summed E-state index contributed by atoms with van der Waals surface area (Å²) in [6.45, 7) is 1.96. The minimum Gasteiger partial charge on any atom is -0.507 e. The van der Waals surface area contributed by atoms with Crippen molar-refractivity contribution in [3.05, 3.63) is 17.7 Å². The summed E-state index contributed by atoms with van der Waals surface area (Å²) < 4.78 is 10.6. The van der Waals surface area contributed by atoms with Crippen molar-refractivity contribution in [1.82, 2.24) is 5.32 Å². The van der Waals surface area contributed by atoms with Crippen LogP contribution < -0.4 is 14.8 Å². The molecule has 4 nitrogen and oxygen atoms in total. The van der Waals surface area contributed by atoms with Gasteiger partial charge in [0.2, 0.25) is 6.79 Å². The molecule has 1 aromatic carbocycles. The van der Waals surface area contributed by atoms with Gasteiger partial charge in [-0.2, -0.15) is 0 Å². The monoisotopic (exact) mass is 263 g/mol. The fourth-order valence-corrected chi connectivity index (χ4v) is 2.92. The Labute approximate surface area is 113 Å². The Kier molecular flexibility index (Phi) is 3.78. The van der Waals surface area contributed by atoms with Gasteiger partial charge in [-0.1, -0.05) is 19.3 Å². The van der Waals surface area contributed by atoms with E-state index in [1.54, 1.807) is 6.07 Å². The third kappa shape index (κ3) is 2.95. The molecule has 0 aromatic heterocycles. The first-order valence-electron chi connectivity index (χ1n) is 7.15. The van der Waals surface area contributed by atoms with Gasteiger partial charge < -0.3 is 19.9 Å². The van der Waals surface area contributed by atoms with E-state index in [1.165, 1.54) is 32.1 Å². The van der Waals surface area contributed by atoms with Gasteiger partial charge in [-0.05, 0) is 31.4 Å². The number of rotatable bonds is 4. The van der Waals surface area contributed by atoms with Gasteiger partial charge in [0.15, 0.2) is 11.5 Å². The lowest BCUT2D eigenvalue weighted by molar-refractivity contribution is 0.174. The summed E-state index contributed by atoms with van der Waals surface area (Å²) in [5, 5.41) is 13.4. The van der Waals surface area contributed by atoms with E-state index in [0.29, 0.717) is 12.3 Å². The second-order valence-electron chi connectivity index (χ2n) is 5.47. The number of benzene rings is 1. The fraction of sp³-hybridized carbons (Fsp3) is 0.600. The first kappa shape index (κ1) is 12.6. The predicted octanol–water partition coefficient (Wildman–Crippen LogP) is 2.79. The lowest BCUT2D eigenvalue weighted by Gasteiger charge is -2.21. The van der Waals surface area contributed by atoms with Crippen LogP contribution in [0.1, 0.15) is 37.7 Å². The maximum atomic E-state index is 9.94. The summed E-state index contributed by atoms with van der Waals surface area (Å²) >= 11 is 0. The first-order chi connectivity index (χ1) is 9.33. The van der Waals surface area contributed by atoms with Gasteiger partial charge in [-0.3, -0.25) is 0 Å². The molecule has 1 aliphatic carbocycles. The van der Waals surface area contributed by atoms with Crippen LogP contribution in [0.2, 0.25) is 0 Å². The maximum absolute atomic E-state index is 9.94. The van der Waals surface area contributed by atoms with Gasteiger partial charge in [-0.15, -0.1) is 0 Å². The predicted molar refractivity (Wildman–Crippen MR) is 72.5 cm³/mol. The van der Waals surface area contributed by atoms with E-state index in [9.17, 15) is 5.11 Å². The van der Waals surface area contributed by atoms with E-state index in [1.807, 2.05) is 6.07 Å². The average molecular weight is 263 g/mol. The topological polar surface area (TPSA) is 50.7 Å². The van der Waals surface area contributed by atoms with E-state index < -0.39 is 0 Å². The Morgan fingerprint density at radius 1 is 1.11 bits per heavy atom. The van der Waals surface area contributed by atoms with E-state index in [2.05, 4.69) is 5.32 Å². The molecule has 1 aromatic rings. The largest absolute Gasteiger partial charge is 0.507 e. The normalized spacial score (nSPS) is 18.7. The summed E-state index contributed by atoms with van der Waals surface area (Å²) in [6.07, 6.45) is 6.78. The Hall–Kier alpha value is -1.42. The molecule has 19 heavy (non-hydrogen) atoms. The SMILES string of the molecule is Oc1cc2c(cc1CNCC1CCCCC1)OCO2. The zero-order valence-electron chi connectivity index (χ0n) is 11.2. The van der Waals surface area contributed by atoms with Crippen LogP contribution in [0.3, 0.4) is 0 Å². The summed E-state index contributed by atoms with van der Waals surface area (Å²) in [6, 6.07) is 3.51. The number of phenols is 1. The minimum atomic E-state index is 0.244. The molecule has 104 valence electrons. The van der Waals surface area contributed by atoms with Crippen LogP contribution in [0.4, 0.5) is 0 Å². The quantitative estimate of drug-likeness (QED) is 0.877. The lowest BCUT2D eigenvalue weighted by Crippen LogP contribution is -2.24. The highest BCUT2D eigenvalue weighted by Crippen LogP contribution is 2.37. The van der Waals surface area contributed by atoms with Gasteiger partial charge in [-0.25, -0.2) is 0 Å². The molecule has 0 radical (unpaired) electrons. The maximum Gasteiger partial charge on any atom is 0.231 e.